The van der Waals surface area contributed by atoms with Crippen LogP contribution in [0, 0.1) is 0 Å². The van der Waals surface area contributed by atoms with Crippen molar-refractivity contribution >= 4 is 38.2 Å². The Morgan fingerprint density at radius 2 is 1.79 bits per heavy atom. The Morgan fingerprint density at radius 1 is 1.07 bits per heavy atom. The van der Waals surface area contributed by atoms with Gasteiger partial charge >= 0.3 is 0 Å². The zero-order valence-electron chi connectivity index (χ0n) is 15.7. The van der Waals surface area contributed by atoms with E-state index in [1.54, 1.807) is 35.0 Å². The zero-order chi connectivity index (χ0) is 20.1. The number of aromatic nitrogens is 1. The molecule has 0 aliphatic carbocycles. The Morgan fingerprint density at radius 3 is 2.50 bits per heavy atom. The van der Waals surface area contributed by atoms with Crippen molar-refractivity contribution in [1.82, 2.24) is 9.88 Å². The first-order valence-electron chi connectivity index (χ1n) is 9.28. The van der Waals surface area contributed by atoms with Crippen molar-refractivity contribution in [2.24, 2.45) is 0 Å². The molecule has 148 valence electrons. The number of carbonyl (C=O) groups excluding carboxylic acids is 1. The maximum atomic E-state index is 13.1. The third-order valence-electron chi connectivity index (χ3n) is 4.58. The standard InChI is InChI=1S/C21H23ClN2O3S/c1-2-3-6-13-23-21(25)15-24-14-20(18-7-4-5-8-19(18)24)28(26,27)17-11-9-16(22)10-12-17/h4-5,7-12,14H,2-3,6,13,15H2,1H3,(H,23,25). The van der Waals surface area contributed by atoms with Crippen molar-refractivity contribution in [2.75, 3.05) is 6.54 Å². The van der Waals surface area contributed by atoms with Crippen LogP contribution < -0.4 is 5.32 Å². The molecule has 1 N–H and O–H groups in total. The van der Waals surface area contributed by atoms with Gasteiger partial charge in [0, 0.05) is 28.7 Å². The number of para-hydroxylation sites is 1. The molecule has 0 saturated carbocycles. The fourth-order valence-corrected chi connectivity index (χ4v) is 4.71. The Bertz CT molecular complexity index is 1070. The van der Waals surface area contributed by atoms with Gasteiger partial charge in [0.15, 0.2) is 0 Å². The first-order valence-corrected chi connectivity index (χ1v) is 11.1. The Balaban J connectivity index is 1.92. The summed E-state index contributed by atoms with van der Waals surface area (Å²) in [6, 6.07) is 13.3. The highest BCUT2D eigenvalue weighted by molar-refractivity contribution is 7.91. The van der Waals surface area contributed by atoms with E-state index in [0.29, 0.717) is 22.5 Å². The molecule has 0 bridgehead atoms. The van der Waals surface area contributed by atoms with Crippen LogP contribution in [-0.4, -0.2) is 25.4 Å². The van der Waals surface area contributed by atoms with Crippen LogP contribution in [0.15, 0.2) is 64.5 Å². The van der Waals surface area contributed by atoms with Gasteiger partial charge in [-0.3, -0.25) is 4.79 Å². The lowest BCUT2D eigenvalue weighted by Gasteiger charge is -2.07. The summed E-state index contributed by atoms with van der Waals surface area (Å²) >= 11 is 5.88. The van der Waals surface area contributed by atoms with Gasteiger partial charge in [0.05, 0.1) is 9.79 Å². The number of sulfone groups is 1. The molecule has 0 saturated heterocycles. The van der Waals surface area contributed by atoms with Crippen molar-refractivity contribution in [3.8, 4) is 0 Å². The SMILES string of the molecule is CCCCCNC(=O)Cn1cc(S(=O)(=O)c2ccc(Cl)cc2)c2ccccc21. The van der Waals surface area contributed by atoms with E-state index in [1.165, 1.54) is 12.1 Å². The highest BCUT2D eigenvalue weighted by Gasteiger charge is 2.23. The number of unbranched alkanes of at least 4 members (excludes halogenated alkanes) is 2. The molecule has 1 heterocycles. The van der Waals surface area contributed by atoms with Crippen LogP contribution in [0.5, 0.6) is 0 Å². The summed E-state index contributed by atoms with van der Waals surface area (Å²) in [4.78, 5) is 12.6. The molecule has 2 aromatic carbocycles. The summed E-state index contributed by atoms with van der Waals surface area (Å²) in [6.07, 6.45) is 4.63. The second-order valence-corrected chi connectivity index (χ2v) is 9.01. The number of amides is 1. The van der Waals surface area contributed by atoms with Crippen LogP contribution >= 0.6 is 11.6 Å². The van der Waals surface area contributed by atoms with Crippen LogP contribution in [0.4, 0.5) is 0 Å². The van der Waals surface area contributed by atoms with Crippen molar-refractivity contribution in [3.05, 3.63) is 59.8 Å². The second kappa shape index (κ2) is 8.80. The predicted octanol–water partition coefficient (Wildman–Crippen LogP) is 4.43. The maximum Gasteiger partial charge on any atom is 0.239 e. The van der Waals surface area contributed by atoms with E-state index in [0.717, 1.165) is 19.3 Å². The van der Waals surface area contributed by atoms with E-state index in [1.807, 2.05) is 12.1 Å². The molecule has 0 atom stereocenters. The quantitative estimate of drug-likeness (QED) is 0.550. The van der Waals surface area contributed by atoms with E-state index in [2.05, 4.69) is 12.2 Å². The molecule has 7 heteroatoms. The van der Waals surface area contributed by atoms with Gasteiger partial charge < -0.3 is 9.88 Å². The van der Waals surface area contributed by atoms with Crippen molar-refractivity contribution in [3.63, 3.8) is 0 Å². The third kappa shape index (κ3) is 4.39. The normalized spacial score (nSPS) is 11.6. The van der Waals surface area contributed by atoms with Gasteiger partial charge in [0.2, 0.25) is 15.7 Å². The lowest BCUT2D eigenvalue weighted by Crippen LogP contribution is -2.28. The second-order valence-electron chi connectivity index (χ2n) is 6.65. The van der Waals surface area contributed by atoms with Gasteiger partial charge in [-0.05, 0) is 36.8 Å². The third-order valence-corrected chi connectivity index (χ3v) is 6.63. The molecule has 0 radical (unpaired) electrons. The monoisotopic (exact) mass is 418 g/mol. The fraction of sp³-hybridized carbons (Fsp3) is 0.286. The van der Waals surface area contributed by atoms with Gasteiger partial charge in [-0.2, -0.15) is 0 Å². The molecule has 3 aromatic rings. The van der Waals surface area contributed by atoms with Gasteiger partial charge in [0.25, 0.3) is 0 Å². The molecular weight excluding hydrogens is 396 g/mol. The number of halogens is 1. The Kier molecular flexibility index (Phi) is 6.42. The van der Waals surface area contributed by atoms with Crippen molar-refractivity contribution in [2.45, 2.75) is 42.5 Å². The zero-order valence-corrected chi connectivity index (χ0v) is 17.3. The summed E-state index contributed by atoms with van der Waals surface area (Å²) in [5, 5.41) is 3.96. The molecule has 0 aliphatic rings. The summed E-state index contributed by atoms with van der Waals surface area (Å²) in [5.41, 5.74) is 0.707. The van der Waals surface area contributed by atoms with E-state index in [-0.39, 0.29) is 22.2 Å². The van der Waals surface area contributed by atoms with Crippen LogP contribution in [0.2, 0.25) is 5.02 Å². The van der Waals surface area contributed by atoms with E-state index < -0.39 is 9.84 Å². The first-order chi connectivity index (χ1) is 13.4. The molecular formula is C21H23ClN2O3S. The van der Waals surface area contributed by atoms with E-state index >= 15 is 0 Å². The number of carbonyl (C=O) groups is 1. The molecule has 28 heavy (non-hydrogen) atoms. The molecule has 0 aliphatic heterocycles. The van der Waals surface area contributed by atoms with Gasteiger partial charge in [-0.1, -0.05) is 49.6 Å². The number of hydrogen-bond donors (Lipinski definition) is 1. The Hall–Kier alpha value is -2.31. The number of benzene rings is 2. The summed E-state index contributed by atoms with van der Waals surface area (Å²) in [6.45, 7) is 2.81. The minimum atomic E-state index is -3.73. The average Bonchev–Trinajstić information content (AvgIpc) is 3.05. The topological polar surface area (TPSA) is 68.2 Å². The van der Waals surface area contributed by atoms with E-state index in [4.69, 9.17) is 11.6 Å². The number of hydrogen-bond acceptors (Lipinski definition) is 3. The molecule has 0 unspecified atom stereocenters. The molecule has 3 rings (SSSR count). The smallest absolute Gasteiger partial charge is 0.239 e. The predicted molar refractivity (Wildman–Crippen MR) is 111 cm³/mol. The molecule has 0 fully saturated rings. The molecule has 1 amide bonds. The van der Waals surface area contributed by atoms with Crippen LogP contribution in [0.1, 0.15) is 26.2 Å². The minimum absolute atomic E-state index is 0.0722. The van der Waals surface area contributed by atoms with Crippen molar-refractivity contribution < 1.29 is 13.2 Å². The van der Waals surface area contributed by atoms with Crippen LogP contribution in [-0.2, 0) is 21.2 Å². The first kappa shape index (κ1) is 20.4. The summed E-state index contributed by atoms with van der Waals surface area (Å²) in [5.74, 6) is -0.132. The van der Waals surface area contributed by atoms with E-state index in [9.17, 15) is 13.2 Å². The Labute approximate surface area is 170 Å². The highest BCUT2D eigenvalue weighted by atomic mass is 35.5. The summed E-state index contributed by atoms with van der Waals surface area (Å²) in [7, 11) is -3.73. The maximum absolute atomic E-state index is 13.1. The molecule has 1 aromatic heterocycles. The largest absolute Gasteiger partial charge is 0.355 e. The van der Waals surface area contributed by atoms with Crippen molar-refractivity contribution in [1.29, 1.82) is 0 Å². The van der Waals surface area contributed by atoms with Gasteiger partial charge in [0.1, 0.15) is 6.54 Å². The lowest BCUT2D eigenvalue weighted by molar-refractivity contribution is -0.121. The van der Waals surface area contributed by atoms with Gasteiger partial charge in [-0.25, -0.2) is 8.42 Å². The minimum Gasteiger partial charge on any atom is -0.355 e. The molecule has 5 nitrogen and oxygen atoms in total. The summed E-state index contributed by atoms with van der Waals surface area (Å²) < 4.78 is 28.0. The number of fused-ring (bicyclic) bond motifs is 1. The number of rotatable bonds is 8. The highest BCUT2D eigenvalue weighted by Crippen LogP contribution is 2.30. The van der Waals surface area contributed by atoms with Crippen LogP contribution in [0.25, 0.3) is 10.9 Å². The number of nitrogens with one attached hydrogen (secondary N) is 1. The van der Waals surface area contributed by atoms with Gasteiger partial charge in [-0.15, -0.1) is 0 Å². The average molecular weight is 419 g/mol. The number of nitrogens with zero attached hydrogens (tertiary/aromatic N) is 1. The molecule has 0 spiro atoms. The fourth-order valence-electron chi connectivity index (χ4n) is 3.11. The van der Waals surface area contributed by atoms with Crippen LogP contribution in [0.3, 0.4) is 0 Å². The lowest BCUT2D eigenvalue weighted by atomic mass is 10.2.